The minimum absolute atomic E-state index is 0.0345. The summed E-state index contributed by atoms with van der Waals surface area (Å²) in [7, 11) is 0. The number of nitrogens with two attached hydrogens (primary N) is 1. The van der Waals surface area contributed by atoms with Gasteiger partial charge < -0.3 is 20.3 Å². The number of carbonyl (C=O) groups is 2. The Labute approximate surface area is 192 Å². The van der Waals surface area contributed by atoms with E-state index >= 15 is 0 Å². The van der Waals surface area contributed by atoms with Gasteiger partial charge in [-0.15, -0.1) is 0 Å². The van der Waals surface area contributed by atoms with E-state index in [1.807, 2.05) is 0 Å². The Morgan fingerprint density at radius 1 is 0.969 bits per heavy atom. The zero-order valence-corrected chi connectivity index (χ0v) is 19.7. The number of benzene rings is 2. The van der Waals surface area contributed by atoms with Crippen molar-refractivity contribution in [3.63, 3.8) is 0 Å². The first-order chi connectivity index (χ1) is 14.6. The molecule has 172 valence electrons. The zero-order chi connectivity index (χ0) is 24.4. The van der Waals surface area contributed by atoms with Crippen LogP contribution in [0.1, 0.15) is 47.1 Å². The van der Waals surface area contributed by atoms with Gasteiger partial charge in [0.15, 0.2) is 5.84 Å². The molecule has 0 unspecified atom stereocenters. The lowest BCUT2D eigenvalue weighted by molar-refractivity contribution is 0.0147. The number of ether oxygens (including phenoxy) is 2. The normalized spacial score (nSPS) is 11.6. The molecule has 32 heavy (non-hydrogen) atoms. The maximum absolute atomic E-state index is 12.8. The van der Waals surface area contributed by atoms with Crippen LogP contribution in [0.2, 0.25) is 5.02 Å². The fraction of sp³-hybridized carbons (Fsp3) is 0.348. The first kappa shape index (κ1) is 25.0. The number of amides is 2. The quantitative estimate of drug-likeness (QED) is 0.295. The summed E-state index contributed by atoms with van der Waals surface area (Å²) in [6.07, 6.45) is -2.15. The molecule has 0 saturated heterocycles. The number of carbonyl (C=O) groups excluding carboxylic acids is 2. The number of phenolic OH excluding ortho intramolecular Hbond substituents is 1. The van der Waals surface area contributed by atoms with Gasteiger partial charge in [-0.05, 0) is 77.4 Å². The average molecular weight is 462 g/mol. The van der Waals surface area contributed by atoms with E-state index in [2.05, 4.69) is 0 Å². The topological polar surface area (TPSA) is 126 Å². The minimum atomic E-state index is -1.08. The number of rotatable bonds is 2. The lowest BCUT2D eigenvalue weighted by Gasteiger charge is -2.29. The van der Waals surface area contributed by atoms with Crippen LogP contribution in [-0.2, 0) is 9.47 Å². The van der Waals surface area contributed by atoms with Crippen LogP contribution < -0.4 is 5.73 Å². The van der Waals surface area contributed by atoms with Crippen molar-refractivity contribution < 1.29 is 24.2 Å². The average Bonchev–Trinajstić information content (AvgIpc) is 2.61. The van der Waals surface area contributed by atoms with Crippen molar-refractivity contribution in [1.82, 2.24) is 4.90 Å². The Kier molecular flexibility index (Phi) is 7.09. The van der Waals surface area contributed by atoms with E-state index in [9.17, 15) is 14.7 Å². The molecule has 2 aromatic rings. The molecule has 2 amide bonds. The molecule has 9 heteroatoms. The van der Waals surface area contributed by atoms with Gasteiger partial charge in [-0.3, -0.25) is 5.41 Å². The van der Waals surface area contributed by atoms with Crippen LogP contribution in [0.15, 0.2) is 36.4 Å². The van der Waals surface area contributed by atoms with Crippen molar-refractivity contribution in [3.05, 3.63) is 47.0 Å². The molecule has 0 aliphatic heterocycles. The summed E-state index contributed by atoms with van der Waals surface area (Å²) in [6, 6.07) is 9.13. The van der Waals surface area contributed by atoms with Crippen LogP contribution in [0.4, 0.5) is 15.3 Å². The van der Waals surface area contributed by atoms with E-state index in [1.165, 1.54) is 24.3 Å². The van der Waals surface area contributed by atoms with Crippen LogP contribution >= 0.6 is 11.6 Å². The number of imide groups is 1. The number of nitrogens with one attached hydrogen (secondary N) is 1. The van der Waals surface area contributed by atoms with Gasteiger partial charge in [-0.1, -0.05) is 17.7 Å². The largest absolute Gasteiger partial charge is 0.507 e. The van der Waals surface area contributed by atoms with E-state index in [0.717, 1.165) is 0 Å². The fourth-order valence-corrected chi connectivity index (χ4v) is 2.83. The van der Waals surface area contributed by atoms with Crippen molar-refractivity contribution in [2.75, 3.05) is 5.73 Å². The highest BCUT2D eigenvalue weighted by Gasteiger charge is 2.35. The van der Waals surface area contributed by atoms with Gasteiger partial charge in [0.1, 0.15) is 17.0 Å². The number of halogens is 1. The Bertz CT molecular complexity index is 1030. The van der Waals surface area contributed by atoms with Crippen LogP contribution in [0.3, 0.4) is 0 Å². The fourth-order valence-electron chi connectivity index (χ4n) is 2.66. The predicted molar refractivity (Wildman–Crippen MR) is 124 cm³/mol. The molecule has 0 atom stereocenters. The molecule has 0 saturated carbocycles. The summed E-state index contributed by atoms with van der Waals surface area (Å²) in [5.41, 5.74) is 5.31. The molecule has 0 aliphatic rings. The standard InChI is InChI=1S/C23H28ClN3O5/c1-22(2,3)31-20(29)27(21(30)32-23(4,5)6)19(26)16-11-13(7-9-17(16)25)15-12-14(24)8-10-18(15)28/h7-12,26,28H,25H2,1-6H3. The third-order valence-electron chi connectivity index (χ3n) is 3.95. The molecule has 0 radical (unpaired) electrons. The number of anilines is 1. The van der Waals surface area contributed by atoms with E-state index in [-0.39, 0.29) is 17.0 Å². The molecule has 4 N–H and O–H groups in total. The van der Waals surface area contributed by atoms with E-state index < -0.39 is 29.2 Å². The van der Waals surface area contributed by atoms with E-state index in [0.29, 0.717) is 21.0 Å². The molecule has 2 rings (SSSR count). The summed E-state index contributed by atoms with van der Waals surface area (Å²) >= 11 is 6.05. The molecular formula is C23H28ClN3O5. The van der Waals surface area contributed by atoms with Crippen LogP contribution in [-0.4, -0.2) is 39.2 Å². The second kappa shape index (κ2) is 9.08. The van der Waals surface area contributed by atoms with Crippen molar-refractivity contribution in [2.24, 2.45) is 0 Å². The molecule has 2 aromatic carbocycles. The minimum Gasteiger partial charge on any atom is -0.507 e. The number of nitrogens with zero attached hydrogens (tertiary/aromatic N) is 1. The highest BCUT2D eigenvalue weighted by atomic mass is 35.5. The lowest BCUT2D eigenvalue weighted by atomic mass is 10.00. The first-order valence-corrected chi connectivity index (χ1v) is 10.2. The Balaban J connectivity index is 2.56. The third kappa shape index (κ3) is 6.37. The van der Waals surface area contributed by atoms with E-state index in [1.54, 1.807) is 53.7 Å². The molecule has 0 spiro atoms. The van der Waals surface area contributed by atoms with Gasteiger partial charge in [0.25, 0.3) is 0 Å². The molecule has 0 bridgehead atoms. The number of aromatic hydroxyl groups is 1. The van der Waals surface area contributed by atoms with Gasteiger partial charge >= 0.3 is 12.2 Å². The maximum Gasteiger partial charge on any atom is 0.425 e. The Hall–Kier alpha value is -3.26. The lowest BCUT2D eigenvalue weighted by Crippen LogP contribution is -2.47. The number of hydrogen-bond donors (Lipinski definition) is 3. The Morgan fingerprint density at radius 3 is 2.00 bits per heavy atom. The molecular weight excluding hydrogens is 434 g/mol. The molecule has 0 aromatic heterocycles. The van der Waals surface area contributed by atoms with Crippen molar-refractivity contribution in [3.8, 4) is 16.9 Å². The predicted octanol–water partition coefficient (Wildman–Crippen LogP) is 5.79. The molecule has 0 fully saturated rings. The van der Waals surface area contributed by atoms with Crippen LogP contribution in [0.25, 0.3) is 11.1 Å². The molecule has 0 heterocycles. The maximum atomic E-state index is 12.8. The van der Waals surface area contributed by atoms with E-state index in [4.69, 9.17) is 32.2 Å². The van der Waals surface area contributed by atoms with Gasteiger partial charge in [-0.2, -0.15) is 4.90 Å². The smallest absolute Gasteiger partial charge is 0.425 e. The number of hydrogen-bond acceptors (Lipinski definition) is 7. The second-order valence-electron chi connectivity index (χ2n) is 9.11. The highest BCUT2D eigenvalue weighted by Crippen LogP contribution is 2.33. The van der Waals surface area contributed by atoms with Gasteiger partial charge in [0, 0.05) is 21.8 Å². The second-order valence-corrected chi connectivity index (χ2v) is 9.54. The summed E-state index contributed by atoms with van der Waals surface area (Å²) in [6.45, 7) is 9.83. The zero-order valence-electron chi connectivity index (χ0n) is 18.9. The van der Waals surface area contributed by atoms with Gasteiger partial charge in [-0.25, -0.2) is 9.59 Å². The van der Waals surface area contributed by atoms with Crippen LogP contribution in [0.5, 0.6) is 5.75 Å². The van der Waals surface area contributed by atoms with Gasteiger partial charge in [0.2, 0.25) is 0 Å². The third-order valence-corrected chi connectivity index (χ3v) is 4.19. The van der Waals surface area contributed by atoms with Crippen molar-refractivity contribution in [2.45, 2.75) is 52.7 Å². The summed E-state index contributed by atoms with van der Waals surface area (Å²) in [5, 5.41) is 19.2. The van der Waals surface area contributed by atoms with Crippen molar-refractivity contribution >= 4 is 35.3 Å². The number of phenols is 1. The molecule has 0 aliphatic carbocycles. The van der Waals surface area contributed by atoms with Crippen molar-refractivity contribution in [1.29, 1.82) is 5.41 Å². The Morgan fingerprint density at radius 2 is 1.50 bits per heavy atom. The highest BCUT2D eigenvalue weighted by molar-refractivity contribution is 6.31. The summed E-state index contributed by atoms with van der Waals surface area (Å²) < 4.78 is 10.6. The SMILES string of the molecule is CC(C)(C)OC(=O)N(C(=N)c1cc(-c2cc(Cl)ccc2O)ccc1N)C(=O)OC(C)(C)C. The monoisotopic (exact) mass is 461 g/mol. The number of amidine groups is 1. The molecule has 8 nitrogen and oxygen atoms in total. The summed E-state index contributed by atoms with van der Waals surface area (Å²) in [4.78, 5) is 26.1. The first-order valence-electron chi connectivity index (χ1n) is 9.82. The van der Waals surface area contributed by atoms with Gasteiger partial charge in [0.05, 0.1) is 0 Å². The van der Waals surface area contributed by atoms with Crippen LogP contribution in [0, 0.1) is 5.41 Å². The number of nitrogen functional groups attached to an aromatic ring is 1. The summed E-state index contributed by atoms with van der Waals surface area (Å²) in [5.74, 6) is -0.567.